The van der Waals surface area contributed by atoms with Crippen LogP contribution in [-0.4, -0.2) is 74.0 Å². The van der Waals surface area contributed by atoms with Crippen LogP contribution in [0.5, 0.6) is 0 Å². The zero-order valence-electron chi connectivity index (χ0n) is 18.9. The number of nitrogens with one attached hydrogen (secondary N) is 1. The van der Waals surface area contributed by atoms with Gasteiger partial charge in [0.05, 0.1) is 23.0 Å². The van der Waals surface area contributed by atoms with Crippen molar-refractivity contribution in [1.82, 2.24) is 34.8 Å². The minimum atomic E-state index is -0.155. The fourth-order valence-corrected chi connectivity index (χ4v) is 4.01. The molecule has 168 valence electrons. The lowest BCUT2D eigenvalue weighted by Crippen LogP contribution is -2.45. The Hall–Kier alpha value is -3.92. The van der Waals surface area contributed by atoms with Crippen LogP contribution in [0.15, 0.2) is 42.9 Å². The van der Waals surface area contributed by atoms with Crippen molar-refractivity contribution >= 4 is 28.3 Å². The van der Waals surface area contributed by atoms with Crippen LogP contribution in [-0.2, 0) is 11.8 Å². The molecule has 0 aliphatic carbocycles. The average molecular weight is 444 g/mol. The molecule has 1 saturated heterocycles. The second kappa shape index (κ2) is 8.55. The van der Waals surface area contributed by atoms with E-state index in [9.17, 15) is 4.79 Å². The second-order valence-corrected chi connectivity index (χ2v) is 8.27. The number of likely N-dealkylation sites (N-methyl/N-ethyl adjacent to an activating group) is 1. The minimum Gasteiger partial charge on any atom is -0.353 e. The van der Waals surface area contributed by atoms with Gasteiger partial charge in [-0.1, -0.05) is 17.3 Å². The number of rotatable bonds is 4. The van der Waals surface area contributed by atoms with Crippen molar-refractivity contribution in [2.24, 2.45) is 7.05 Å². The van der Waals surface area contributed by atoms with E-state index < -0.39 is 0 Å². The molecule has 1 amide bonds. The molecule has 1 N–H and O–H groups in total. The predicted molar refractivity (Wildman–Crippen MR) is 127 cm³/mol. The minimum absolute atomic E-state index is 0.155. The molecule has 0 bridgehead atoms. The first-order valence-corrected chi connectivity index (χ1v) is 10.8. The van der Waals surface area contributed by atoms with E-state index in [2.05, 4.69) is 42.4 Å². The number of amides is 1. The molecule has 33 heavy (non-hydrogen) atoms. The quantitative estimate of drug-likeness (QED) is 0.512. The van der Waals surface area contributed by atoms with Gasteiger partial charge in [-0.05, 0) is 19.2 Å². The number of carbonyl (C=O) groups excluding carboxylic acids is 1. The number of nitrogens with zero attached hydrogens (tertiary/aromatic N) is 8. The Morgan fingerprint density at radius 1 is 1.06 bits per heavy atom. The van der Waals surface area contributed by atoms with E-state index in [0.717, 1.165) is 59.7 Å². The number of carbonyl (C=O) groups is 1. The van der Waals surface area contributed by atoms with Gasteiger partial charge >= 0.3 is 0 Å². The highest BCUT2D eigenvalue weighted by atomic mass is 16.1. The Morgan fingerprint density at radius 3 is 2.61 bits per heavy atom. The third kappa shape index (κ3) is 4.24. The Morgan fingerprint density at radius 2 is 1.88 bits per heavy atom. The van der Waals surface area contributed by atoms with Crippen molar-refractivity contribution in [3.05, 3.63) is 42.9 Å². The summed E-state index contributed by atoms with van der Waals surface area (Å²) in [6, 6.07) is 7.73. The molecule has 10 nitrogen and oxygen atoms in total. The fraction of sp³-hybridized carbons (Fsp3) is 0.304. The molecular weight excluding hydrogens is 418 g/mol. The van der Waals surface area contributed by atoms with E-state index in [1.165, 1.54) is 6.92 Å². The van der Waals surface area contributed by atoms with Crippen LogP contribution < -0.4 is 10.2 Å². The molecule has 1 aromatic carbocycles. The Labute approximate surface area is 191 Å². The monoisotopic (exact) mass is 443 g/mol. The molecule has 3 aromatic heterocycles. The largest absolute Gasteiger partial charge is 0.353 e. The molecular formula is C23H25N9O. The van der Waals surface area contributed by atoms with Crippen LogP contribution in [0.25, 0.3) is 33.5 Å². The Kier molecular flexibility index (Phi) is 5.43. The Balaban J connectivity index is 1.63. The number of piperazine rings is 1. The standard InChI is InChI=1S/C23H25N9O/c1-15(33)26-18-6-7-24-23(32-10-8-30(2)9-11-32)21(18)22-25-13-17-5-4-16(12-19(17)27-22)20-14-31(3)29-28-20/h4-7,12-14H,8-11H2,1-3H3,(H,24,26,33). The number of benzene rings is 1. The maximum Gasteiger partial charge on any atom is 0.221 e. The first-order valence-electron chi connectivity index (χ1n) is 10.8. The van der Waals surface area contributed by atoms with Gasteiger partial charge in [0.15, 0.2) is 5.82 Å². The van der Waals surface area contributed by atoms with Crippen molar-refractivity contribution in [3.63, 3.8) is 0 Å². The van der Waals surface area contributed by atoms with Crippen LogP contribution in [0.1, 0.15) is 6.92 Å². The summed E-state index contributed by atoms with van der Waals surface area (Å²) < 4.78 is 1.67. The van der Waals surface area contributed by atoms with E-state index in [0.29, 0.717) is 11.5 Å². The summed E-state index contributed by atoms with van der Waals surface area (Å²) >= 11 is 0. The zero-order valence-corrected chi connectivity index (χ0v) is 18.9. The summed E-state index contributed by atoms with van der Waals surface area (Å²) in [5.74, 6) is 1.14. The molecule has 4 aromatic rings. The van der Waals surface area contributed by atoms with Gasteiger partial charge < -0.3 is 15.1 Å². The van der Waals surface area contributed by atoms with Gasteiger partial charge in [0.2, 0.25) is 5.91 Å². The summed E-state index contributed by atoms with van der Waals surface area (Å²) in [5, 5.41) is 12.1. The maximum absolute atomic E-state index is 11.9. The lowest BCUT2D eigenvalue weighted by Gasteiger charge is -2.34. The van der Waals surface area contributed by atoms with Crippen molar-refractivity contribution < 1.29 is 4.79 Å². The highest BCUT2D eigenvalue weighted by molar-refractivity contribution is 5.96. The molecule has 1 aliphatic rings. The number of aromatic nitrogens is 6. The molecule has 0 saturated carbocycles. The maximum atomic E-state index is 11.9. The van der Waals surface area contributed by atoms with Crippen molar-refractivity contribution in [3.8, 4) is 22.6 Å². The van der Waals surface area contributed by atoms with E-state index in [1.807, 2.05) is 31.4 Å². The molecule has 0 spiro atoms. The zero-order chi connectivity index (χ0) is 22.9. The summed E-state index contributed by atoms with van der Waals surface area (Å²) in [4.78, 5) is 30.7. The number of anilines is 2. The van der Waals surface area contributed by atoms with Crippen LogP contribution >= 0.6 is 0 Å². The highest BCUT2D eigenvalue weighted by Crippen LogP contribution is 2.35. The van der Waals surface area contributed by atoms with Gasteiger partial charge in [0, 0.05) is 63.5 Å². The van der Waals surface area contributed by atoms with E-state index in [1.54, 1.807) is 23.1 Å². The summed E-state index contributed by atoms with van der Waals surface area (Å²) in [6.07, 6.45) is 5.39. The topological polar surface area (TPSA) is 105 Å². The molecule has 10 heteroatoms. The smallest absolute Gasteiger partial charge is 0.221 e. The first kappa shape index (κ1) is 21.0. The lowest BCUT2D eigenvalue weighted by molar-refractivity contribution is -0.114. The van der Waals surface area contributed by atoms with Crippen LogP contribution in [0.4, 0.5) is 11.5 Å². The van der Waals surface area contributed by atoms with Crippen molar-refractivity contribution in [2.75, 3.05) is 43.4 Å². The van der Waals surface area contributed by atoms with Gasteiger partial charge in [-0.2, -0.15) is 0 Å². The van der Waals surface area contributed by atoms with Crippen molar-refractivity contribution in [2.45, 2.75) is 6.92 Å². The fourth-order valence-electron chi connectivity index (χ4n) is 4.01. The van der Waals surface area contributed by atoms with Gasteiger partial charge in [0.25, 0.3) is 0 Å². The number of aryl methyl sites for hydroxylation is 1. The van der Waals surface area contributed by atoms with Crippen LogP contribution in [0.3, 0.4) is 0 Å². The Bertz CT molecular complexity index is 1320. The summed E-state index contributed by atoms with van der Waals surface area (Å²) in [5.41, 5.74) is 3.86. The van der Waals surface area contributed by atoms with Gasteiger partial charge in [-0.15, -0.1) is 5.10 Å². The second-order valence-electron chi connectivity index (χ2n) is 8.27. The molecule has 1 fully saturated rings. The molecule has 5 rings (SSSR count). The third-order valence-corrected chi connectivity index (χ3v) is 5.75. The number of fused-ring (bicyclic) bond motifs is 1. The average Bonchev–Trinajstić information content (AvgIpc) is 3.25. The predicted octanol–water partition coefficient (Wildman–Crippen LogP) is 2.20. The van der Waals surface area contributed by atoms with Gasteiger partial charge in [-0.3, -0.25) is 9.48 Å². The number of pyridine rings is 1. The van der Waals surface area contributed by atoms with E-state index in [-0.39, 0.29) is 5.91 Å². The van der Waals surface area contributed by atoms with Crippen molar-refractivity contribution in [1.29, 1.82) is 0 Å². The van der Waals surface area contributed by atoms with Gasteiger partial charge in [0.1, 0.15) is 11.5 Å². The molecule has 0 unspecified atom stereocenters. The molecule has 0 radical (unpaired) electrons. The molecule has 4 heterocycles. The van der Waals surface area contributed by atoms with E-state index in [4.69, 9.17) is 4.98 Å². The lowest BCUT2D eigenvalue weighted by atomic mass is 10.1. The van der Waals surface area contributed by atoms with Gasteiger partial charge in [-0.25, -0.2) is 15.0 Å². The molecule has 0 atom stereocenters. The SMILES string of the molecule is CC(=O)Nc1ccnc(N2CCN(C)CC2)c1-c1ncc2ccc(-c3cn(C)nn3)cc2n1. The third-order valence-electron chi connectivity index (χ3n) is 5.75. The molecule has 1 aliphatic heterocycles. The number of hydrogen-bond donors (Lipinski definition) is 1. The van der Waals surface area contributed by atoms with Crippen LogP contribution in [0, 0.1) is 0 Å². The summed E-state index contributed by atoms with van der Waals surface area (Å²) in [7, 11) is 3.95. The van der Waals surface area contributed by atoms with Crippen LogP contribution in [0.2, 0.25) is 0 Å². The number of hydrogen-bond acceptors (Lipinski definition) is 8. The van der Waals surface area contributed by atoms with E-state index >= 15 is 0 Å². The summed E-state index contributed by atoms with van der Waals surface area (Å²) in [6.45, 7) is 5.04. The normalized spacial score (nSPS) is 14.6. The highest BCUT2D eigenvalue weighted by Gasteiger charge is 2.23. The first-order chi connectivity index (χ1) is 16.0.